The summed E-state index contributed by atoms with van der Waals surface area (Å²) < 4.78 is 82.5. The Morgan fingerprint density at radius 2 is 1.76 bits per heavy atom. The average molecular weight is 496 g/mol. The number of halogens is 4. The molecule has 3 aromatic heterocycles. The van der Waals surface area contributed by atoms with Crippen LogP contribution in [0.25, 0.3) is 22.6 Å². The van der Waals surface area contributed by atoms with E-state index in [1.807, 2.05) is 0 Å². The van der Waals surface area contributed by atoms with Gasteiger partial charge in [-0.2, -0.15) is 17.9 Å². The van der Waals surface area contributed by atoms with Crippen LogP contribution in [0.2, 0.25) is 0 Å². The van der Waals surface area contributed by atoms with Gasteiger partial charge in [-0.3, -0.25) is 0 Å². The van der Waals surface area contributed by atoms with E-state index in [1.54, 1.807) is 0 Å². The maximum absolute atomic E-state index is 13.3. The predicted molar refractivity (Wildman–Crippen MR) is 113 cm³/mol. The molecule has 0 amide bonds. The fourth-order valence-electron chi connectivity index (χ4n) is 3.12. The standard InChI is InChI=1S/C21H16F4N4O4S/c1-2-34(31,32)17-9-14(13-3-5-15(22)6-4-13)10-26-19(17)29-20(30)28-11-16(7-8-18(28)27-29)33-12-21(23,24)25/h3-11H,2,12H2,1H3. The first kappa shape index (κ1) is 23.4. The quantitative estimate of drug-likeness (QED) is 0.380. The summed E-state index contributed by atoms with van der Waals surface area (Å²) in [5, 5.41) is 4.07. The molecule has 0 radical (unpaired) electrons. The first-order valence-electron chi connectivity index (χ1n) is 9.78. The lowest BCUT2D eigenvalue weighted by Gasteiger charge is -2.10. The zero-order valence-electron chi connectivity index (χ0n) is 17.5. The molecule has 0 N–H and O–H groups in total. The van der Waals surface area contributed by atoms with Crippen LogP contribution < -0.4 is 10.4 Å². The first-order chi connectivity index (χ1) is 16.0. The molecule has 0 saturated carbocycles. The van der Waals surface area contributed by atoms with Crippen LogP contribution in [0.4, 0.5) is 17.6 Å². The molecule has 0 aliphatic heterocycles. The summed E-state index contributed by atoms with van der Waals surface area (Å²) in [6.07, 6.45) is -2.23. The van der Waals surface area contributed by atoms with Crippen LogP contribution in [0, 0.1) is 5.82 Å². The van der Waals surface area contributed by atoms with Crippen LogP contribution in [-0.4, -0.2) is 46.1 Å². The monoisotopic (exact) mass is 496 g/mol. The van der Waals surface area contributed by atoms with Gasteiger partial charge in [-0.05, 0) is 35.9 Å². The molecule has 0 unspecified atom stereocenters. The number of hydrogen-bond donors (Lipinski definition) is 0. The summed E-state index contributed by atoms with van der Waals surface area (Å²) >= 11 is 0. The minimum atomic E-state index is -4.57. The smallest absolute Gasteiger partial charge is 0.422 e. The van der Waals surface area contributed by atoms with E-state index in [0.717, 1.165) is 15.3 Å². The normalized spacial score (nSPS) is 12.3. The van der Waals surface area contributed by atoms with Gasteiger partial charge in [0.2, 0.25) is 0 Å². The Labute approximate surface area is 190 Å². The van der Waals surface area contributed by atoms with Crippen molar-refractivity contribution in [1.29, 1.82) is 0 Å². The third-order valence-corrected chi connectivity index (χ3v) is 6.55. The molecule has 34 heavy (non-hydrogen) atoms. The highest BCUT2D eigenvalue weighted by Gasteiger charge is 2.29. The van der Waals surface area contributed by atoms with Crippen molar-refractivity contribution >= 4 is 15.5 Å². The topological polar surface area (TPSA) is 95.6 Å². The van der Waals surface area contributed by atoms with Crippen LogP contribution in [0.15, 0.2) is 64.5 Å². The molecule has 0 saturated heterocycles. The maximum Gasteiger partial charge on any atom is 0.422 e. The van der Waals surface area contributed by atoms with E-state index in [0.29, 0.717) is 11.1 Å². The van der Waals surface area contributed by atoms with Gasteiger partial charge in [0.15, 0.2) is 27.9 Å². The SMILES string of the molecule is CCS(=O)(=O)c1cc(-c2ccc(F)cc2)cnc1-n1nc2ccc(OCC(F)(F)F)cn2c1=O. The summed E-state index contributed by atoms with van der Waals surface area (Å²) in [5.41, 5.74) is 0.0490. The third kappa shape index (κ3) is 4.64. The molecule has 8 nitrogen and oxygen atoms in total. The molecule has 3 heterocycles. The lowest BCUT2D eigenvalue weighted by molar-refractivity contribution is -0.153. The van der Waals surface area contributed by atoms with E-state index in [1.165, 1.54) is 55.6 Å². The average Bonchev–Trinajstić information content (AvgIpc) is 3.13. The van der Waals surface area contributed by atoms with E-state index in [-0.39, 0.29) is 27.9 Å². The minimum Gasteiger partial charge on any atom is -0.483 e. The number of ether oxygens (including phenoxy) is 1. The molecular weight excluding hydrogens is 480 g/mol. The zero-order valence-corrected chi connectivity index (χ0v) is 18.3. The van der Waals surface area contributed by atoms with Gasteiger partial charge in [0.05, 0.1) is 11.9 Å². The minimum absolute atomic E-state index is 0.0358. The number of fused-ring (bicyclic) bond motifs is 1. The predicted octanol–water partition coefficient (Wildman–Crippen LogP) is 3.42. The summed E-state index contributed by atoms with van der Waals surface area (Å²) in [5.74, 6) is -1.28. The Hall–Kier alpha value is -3.74. The number of aromatic nitrogens is 4. The van der Waals surface area contributed by atoms with Crippen LogP contribution in [0.3, 0.4) is 0 Å². The van der Waals surface area contributed by atoms with Crippen molar-refractivity contribution in [3.05, 3.63) is 71.2 Å². The van der Waals surface area contributed by atoms with Crippen LogP contribution in [0.5, 0.6) is 5.75 Å². The number of nitrogens with zero attached hydrogens (tertiary/aromatic N) is 4. The second kappa shape index (κ2) is 8.56. The fraction of sp³-hybridized carbons (Fsp3) is 0.190. The van der Waals surface area contributed by atoms with Gasteiger partial charge in [0.25, 0.3) is 0 Å². The lowest BCUT2D eigenvalue weighted by atomic mass is 10.1. The molecule has 0 aliphatic rings. The second-order valence-electron chi connectivity index (χ2n) is 7.15. The van der Waals surface area contributed by atoms with Crippen molar-refractivity contribution in [3.63, 3.8) is 0 Å². The van der Waals surface area contributed by atoms with Crippen molar-refractivity contribution in [2.45, 2.75) is 18.0 Å². The van der Waals surface area contributed by atoms with Crippen LogP contribution in [-0.2, 0) is 9.84 Å². The maximum atomic E-state index is 13.3. The van der Waals surface area contributed by atoms with Crippen molar-refractivity contribution in [3.8, 4) is 22.7 Å². The molecule has 178 valence electrons. The van der Waals surface area contributed by atoms with Gasteiger partial charge in [0.1, 0.15) is 16.5 Å². The van der Waals surface area contributed by atoms with Gasteiger partial charge in [-0.15, -0.1) is 5.10 Å². The van der Waals surface area contributed by atoms with Crippen LogP contribution in [0.1, 0.15) is 6.92 Å². The largest absolute Gasteiger partial charge is 0.483 e. The molecule has 13 heteroatoms. The van der Waals surface area contributed by atoms with Gasteiger partial charge in [-0.25, -0.2) is 27.0 Å². The summed E-state index contributed by atoms with van der Waals surface area (Å²) in [6.45, 7) is -0.132. The van der Waals surface area contributed by atoms with E-state index in [4.69, 9.17) is 0 Å². The molecule has 0 spiro atoms. The highest BCUT2D eigenvalue weighted by Crippen LogP contribution is 2.26. The number of benzene rings is 1. The van der Waals surface area contributed by atoms with Crippen molar-refractivity contribution in [2.24, 2.45) is 0 Å². The zero-order chi connectivity index (χ0) is 24.7. The van der Waals surface area contributed by atoms with Crippen molar-refractivity contribution < 1.29 is 30.7 Å². The second-order valence-corrected chi connectivity index (χ2v) is 9.39. The van der Waals surface area contributed by atoms with E-state index >= 15 is 0 Å². The number of sulfone groups is 1. The van der Waals surface area contributed by atoms with Crippen molar-refractivity contribution in [2.75, 3.05) is 12.4 Å². The number of hydrogen-bond acceptors (Lipinski definition) is 6. The van der Waals surface area contributed by atoms with E-state index in [2.05, 4.69) is 14.8 Å². The first-order valence-corrected chi connectivity index (χ1v) is 11.4. The Morgan fingerprint density at radius 1 is 1.06 bits per heavy atom. The highest BCUT2D eigenvalue weighted by molar-refractivity contribution is 7.91. The van der Waals surface area contributed by atoms with Gasteiger partial charge >= 0.3 is 11.9 Å². The Kier molecular flexibility index (Phi) is 5.89. The number of pyridine rings is 2. The summed E-state index contributed by atoms with van der Waals surface area (Å²) in [7, 11) is -3.90. The van der Waals surface area contributed by atoms with Gasteiger partial charge < -0.3 is 4.74 Å². The number of alkyl halides is 3. The van der Waals surface area contributed by atoms with Gasteiger partial charge in [0, 0.05) is 11.8 Å². The van der Waals surface area contributed by atoms with Gasteiger partial charge in [-0.1, -0.05) is 19.1 Å². The molecule has 0 fully saturated rings. The molecular formula is C21H16F4N4O4S. The Balaban J connectivity index is 1.84. The molecule has 1 aromatic carbocycles. The highest BCUT2D eigenvalue weighted by atomic mass is 32.2. The third-order valence-electron chi connectivity index (χ3n) is 4.82. The molecule has 0 atom stereocenters. The Morgan fingerprint density at radius 3 is 2.41 bits per heavy atom. The van der Waals surface area contributed by atoms with E-state index < -0.39 is 34.1 Å². The van der Waals surface area contributed by atoms with Crippen molar-refractivity contribution in [1.82, 2.24) is 19.2 Å². The summed E-state index contributed by atoms with van der Waals surface area (Å²) in [4.78, 5) is 16.8. The molecule has 0 aliphatic carbocycles. The Bertz CT molecular complexity index is 1530. The van der Waals surface area contributed by atoms with E-state index in [9.17, 15) is 30.8 Å². The summed E-state index contributed by atoms with van der Waals surface area (Å²) in [6, 6.07) is 9.09. The lowest BCUT2D eigenvalue weighted by Crippen LogP contribution is -2.23. The molecule has 4 rings (SSSR count). The molecule has 4 aromatic rings. The molecule has 0 bridgehead atoms. The van der Waals surface area contributed by atoms with Crippen LogP contribution >= 0.6 is 0 Å². The fourth-order valence-corrected chi connectivity index (χ4v) is 4.16. The number of rotatable bonds is 6.